The largest absolute Gasteiger partial charge is 0.481 e. The van der Waals surface area contributed by atoms with Crippen molar-refractivity contribution in [1.82, 2.24) is 4.57 Å². The van der Waals surface area contributed by atoms with Crippen molar-refractivity contribution in [3.63, 3.8) is 0 Å². The number of fused-ring (bicyclic) bond motifs is 3. The molecule has 0 unspecified atom stereocenters. The average Bonchev–Trinajstić information content (AvgIpc) is 3.05. The molecular formula is C24H24N2O2. The lowest BCUT2D eigenvalue weighted by Gasteiger charge is -2.17. The number of hydrogen-bond acceptors (Lipinski definition) is 2. The molecule has 3 aromatic carbocycles. The topological polar surface area (TPSA) is 43.3 Å². The Bertz CT molecular complexity index is 1120. The van der Waals surface area contributed by atoms with Crippen LogP contribution in [0.2, 0.25) is 0 Å². The molecule has 1 heterocycles. The second-order valence-corrected chi connectivity index (χ2v) is 6.81. The summed E-state index contributed by atoms with van der Waals surface area (Å²) in [5.74, 6) is 0.566. The molecule has 4 nitrogen and oxygen atoms in total. The Morgan fingerprint density at radius 1 is 0.929 bits per heavy atom. The maximum atomic E-state index is 12.8. The van der Waals surface area contributed by atoms with Gasteiger partial charge in [0.15, 0.2) is 6.10 Å². The van der Waals surface area contributed by atoms with Crippen LogP contribution in [-0.4, -0.2) is 16.6 Å². The third-order valence-electron chi connectivity index (χ3n) is 5.04. The van der Waals surface area contributed by atoms with Gasteiger partial charge in [-0.3, -0.25) is 4.79 Å². The molecule has 0 spiro atoms. The summed E-state index contributed by atoms with van der Waals surface area (Å²) < 4.78 is 8.16. The van der Waals surface area contributed by atoms with E-state index < -0.39 is 6.10 Å². The van der Waals surface area contributed by atoms with Crippen LogP contribution in [0.4, 0.5) is 5.69 Å². The maximum absolute atomic E-state index is 12.8. The Morgan fingerprint density at radius 2 is 1.64 bits per heavy atom. The zero-order valence-electron chi connectivity index (χ0n) is 16.2. The van der Waals surface area contributed by atoms with Gasteiger partial charge in [-0.15, -0.1) is 0 Å². The molecule has 28 heavy (non-hydrogen) atoms. The van der Waals surface area contributed by atoms with E-state index in [1.807, 2.05) is 49.4 Å². The van der Waals surface area contributed by atoms with Crippen molar-refractivity contribution in [2.24, 2.45) is 0 Å². The monoisotopic (exact) mass is 372 g/mol. The molecular weight excluding hydrogens is 348 g/mol. The number of anilines is 1. The molecule has 0 bridgehead atoms. The molecule has 1 N–H and O–H groups in total. The first-order chi connectivity index (χ1) is 13.7. The zero-order valence-corrected chi connectivity index (χ0v) is 16.2. The Labute approximate surface area is 164 Å². The van der Waals surface area contributed by atoms with Crippen LogP contribution in [0.15, 0.2) is 72.8 Å². The van der Waals surface area contributed by atoms with Crippen LogP contribution in [0.1, 0.15) is 20.3 Å². The van der Waals surface area contributed by atoms with Gasteiger partial charge in [0, 0.05) is 34.0 Å². The summed E-state index contributed by atoms with van der Waals surface area (Å²) in [6.45, 7) is 5.00. The van der Waals surface area contributed by atoms with Gasteiger partial charge in [0.1, 0.15) is 5.75 Å². The maximum Gasteiger partial charge on any atom is 0.265 e. The fourth-order valence-corrected chi connectivity index (χ4v) is 3.68. The van der Waals surface area contributed by atoms with Gasteiger partial charge in [0.25, 0.3) is 5.91 Å². The number of amides is 1. The van der Waals surface area contributed by atoms with E-state index in [1.54, 1.807) is 0 Å². The van der Waals surface area contributed by atoms with Crippen molar-refractivity contribution in [2.75, 3.05) is 5.32 Å². The molecule has 1 amide bonds. The molecule has 0 saturated heterocycles. The van der Waals surface area contributed by atoms with Crippen LogP contribution in [0, 0.1) is 0 Å². The van der Waals surface area contributed by atoms with Crippen LogP contribution in [-0.2, 0) is 11.3 Å². The number of nitrogens with one attached hydrogen (secondary N) is 1. The first-order valence-corrected chi connectivity index (χ1v) is 9.74. The highest BCUT2D eigenvalue weighted by molar-refractivity contribution is 6.10. The predicted octanol–water partition coefficient (Wildman–Crippen LogP) is 5.61. The summed E-state index contributed by atoms with van der Waals surface area (Å²) in [4.78, 5) is 12.8. The lowest BCUT2D eigenvalue weighted by molar-refractivity contribution is -0.122. The van der Waals surface area contributed by atoms with Crippen molar-refractivity contribution in [3.05, 3.63) is 72.8 Å². The van der Waals surface area contributed by atoms with E-state index in [2.05, 4.69) is 47.1 Å². The molecule has 0 aliphatic rings. The molecule has 1 atom stereocenters. The van der Waals surface area contributed by atoms with E-state index in [-0.39, 0.29) is 5.91 Å². The molecule has 0 radical (unpaired) electrons. The second kappa shape index (κ2) is 7.77. The summed E-state index contributed by atoms with van der Waals surface area (Å²) in [5, 5.41) is 5.37. The van der Waals surface area contributed by atoms with E-state index in [0.717, 1.165) is 17.6 Å². The zero-order chi connectivity index (χ0) is 19.5. The van der Waals surface area contributed by atoms with Crippen molar-refractivity contribution in [2.45, 2.75) is 32.9 Å². The number of ether oxygens (including phenoxy) is 1. The number of rotatable bonds is 6. The standard InChI is InChI=1S/C24H24N2O2/c1-3-23(28-18-10-6-5-7-11-18)24(27)25-17-14-15-22-20(16-17)19-12-8-9-13-21(19)26(22)4-2/h5-16,23H,3-4H2,1-2H3,(H,25,27)/t23-/m0/s1. The fraction of sp³-hybridized carbons (Fsp3) is 0.208. The number of hydrogen-bond donors (Lipinski definition) is 1. The molecule has 0 saturated carbocycles. The molecule has 0 aliphatic carbocycles. The van der Waals surface area contributed by atoms with Gasteiger partial charge in [-0.25, -0.2) is 0 Å². The Balaban J connectivity index is 1.62. The van der Waals surface area contributed by atoms with Crippen LogP contribution >= 0.6 is 0 Å². The van der Waals surface area contributed by atoms with Crippen molar-refractivity contribution in [1.29, 1.82) is 0 Å². The van der Waals surface area contributed by atoms with E-state index >= 15 is 0 Å². The van der Waals surface area contributed by atoms with Crippen LogP contribution in [0.3, 0.4) is 0 Å². The summed E-state index contributed by atoms with van der Waals surface area (Å²) in [7, 11) is 0. The lowest BCUT2D eigenvalue weighted by atomic mass is 10.1. The highest BCUT2D eigenvalue weighted by atomic mass is 16.5. The number of carbonyl (C=O) groups is 1. The van der Waals surface area contributed by atoms with Crippen molar-refractivity contribution >= 4 is 33.4 Å². The summed E-state index contributed by atoms with van der Waals surface area (Å²) in [6, 6.07) is 23.9. The van der Waals surface area contributed by atoms with Gasteiger partial charge in [-0.2, -0.15) is 0 Å². The molecule has 4 rings (SSSR count). The third-order valence-corrected chi connectivity index (χ3v) is 5.04. The molecule has 0 aliphatic heterocycles. The summed E-state index contributed by atoms with van der Waals surface area (Å²) in [6.07, 6.45) is 0.0630. The summed E-state index contributed by atoms with van der Waals surface area (Å²) >= 11 is 0. The number of nitrogens with zero attached hydrogens (tertiary/aromatic N) is 1. The number of aromatic nitrogens is 1. The lowest BCUT2D eigenvalue weighted by Crippen LogP contribution is -2.32. The molecule has 4 aromatic rings. The smallest absolute Gasteiger partial charge is 0.265 e. The Kier molecular flexibility index (Phi) is 5.02. The first kappa shape index (κ1) is 18.1. The first-order valence-electron chi connectivity index (χ1n) is 9.74. The van der Waals surface area contributed by atoms with Gasteiger partial charge in [-0.1, -0.05) is 43.3 Å². The van der Waals surface area contributed by atoms with Gasteiger partial charge in [0.2, 0.25) is 0 Å². The number of aryl methyl sites for hydroxylation is 1. The SMILES string of the molecule is CC[C@H](Oc1ccccc1)C(=O)Nc1ccc2c(c1)c1ccccc1n2CC. The van der Waals surface area contributed by atoms with Crippen LogP contribution in [0.5, 0.6) is 5.75 Å². The molecule has 142 valence electrons. The third kappa shape index (κ3) is 3.33. The predicted molar refractivity (Wildman–Crippen MR) is 115 cm³/mol. The van der Waals surface area contributed by atoms with E-state index in [4.69, 9.17) is 4.74 Å². The number of para-hydroxylation sites is 2. The van der Waals surface area contributed by atoms with Crippen molar-refractivity contribution < 1.29 is 9.53 Å². The van der Waals surface area contributed by atoms with Gasteiger partial charge < -0.3 is 14.6 Å². The van der Waals surface area contributed by atoms with E-state index in [9.17, 15) is 4.79 Å². The van der Waals surface area contributed by atoms with Crippen molar-refractivity contribution in [3.8, 4) is 5.75 Å². The second-order valence-electron chi connectivity index (χ2n) is 6.81. The molecule has 1 aromatic heterocycles. The fourth-order valence-electron chi connectivity index (χ4n) is 3.68. The number of benzene rings is 3. The molecule has 4 heteroatoms. The normalized spacial score (nSPS) is 12.2. The minimum absolute atomic E-state index is 0.134. The average molecular weight is 372 g/mol. The Hall–Kier alpha value is -3.27. The van der Waals surface area contributed by atoms with Gasteiger partial charge in [-0.05, 0) is 49.7 Å². The van der Waals surface area contributed by atoms with E-state index in [0.29, 0.717) is 12.2 Å². The number of carbonyl (C=O) groups excluding carboxylic acids is 1. The minimum Gasteiger partial charge on any atom is -0.481 e. The minimum atomic E-state index is -0.532. The van der Waals surface area contributed by atoms with Crippen LogP contribution in [0.25, 0.3) is 21.8 Å². The molecule has 0 fully saturated rings. The highest BCUT2D eigenvalue weighted by Crippen LogP contribution is 2.31. The van der Waals surface area contributed by atoms with Gasteiger partial charge in [0.05, 0.1) is 0 Å². The van der Waals surface area contributed by atoms with Crippen LogP contribution < -0.4 is 10.1 Å². The van der Waals surface area contributed by atoms with E-state index in [1.165, 1.54) is 16.4 Å². The summed E-state index contributed by atoms with van der Waals surface area (Å²) in [5.41, 5.74) is 3.17. The van der Waals surface area contributed by atoms with Gasteiger partial charge >= 0.3 is 0 Å². The Morgan fingerprint density at radius 3 is 2.39 bits per heavy atom. The quantitative estimate of drug-likeness (QED) is 0.478. The highest BCUT2D eigenvalue weighted by Gasteiger charge is 2.19.